The number of halogens is 1. The van der Waals surface area contributed by atoms with Crippen LogP contribution in [0.3, 0.4) is 0 Å². The fourth-order valence-corrected chi connectivity index (χ4v) is 3.10. The Balaban J connectivity index is 1.74. The molecule has 2 aromatic heterocycles. The molecule has 2 aromatic carbocycles. The molecule has 0 aliphatic heterocycles. The Hall–Kier alpha value is -3.18. The summed E-state index contributed by atoms with van der Waals surface area (Å²) in [6.45, 7) is 1.71. The summed E-state index contributed by atoms with van der Waals surface area (Å²) < 4.78 is 5.99. The fourth-order valence-electron chi connectivity index (χ4n) is 2.92. The normalized spacial score (nSPS) is 12.1. The Morgan fingerprint density at radius 1 is 1.11 bits per heavy atom. The molecule has 1 N–H and O–H groups in total. The van der Waals surface area contributed by atoms with Crippen LogP contribution in [-0.2, 0) is 0 Å². The van der Waals surface area contributed by atoms with Gasteiger partial charge in [0.2, 0.25) is 0 Å². The second kappa shape index (κ2) is 7.21. The minimum Gasteiger partial charge on any atom is -0.459 e. The first-order valence-electron chi connectivity index (χ1n) is 8.45. The number of aryl methyl sites for hydroxylation is 1. The lowest BCUT2D eigenvalue weighted by molar-refractivity contribution is 0.0934. The van der Waals surface area contributed by atoms with Crippen molar-refractivity contribution in [1.82, 2.24) is 15.3 Å². The van der Waals surface area contributed by atoms with Gasteiger partial charge >= 0.3 is 0 Å². The van der Waals surface area contributed by atoms with E-state index in [1.54, 1.807) is 6.92 Å². The van der Waals surface area contributed by atoms with Crippen molar-refractivity contribution < 1.29 is 9.21 Å². The predicted molar refractivity (Wildman–Crippen MR) is 104 cm³/mol. The van der Waals surface area contributed by atoms with Gasteiger partial charge in [-0.15, -0.1) is 0 Å². The number of fused-ring (bicyclic) bond motifs is 1. The molecule has 0 bridgehead atoms. The van der Waals surface area contributed by atoms with E-state index in [9.17, 15) is 4.79 Å². The zero-order valence-corrected chi connectivity index (χ0v) is 15.3. The van der Waals surface area contributed by atoms with Crippen molar-refractivity contribution in [1.29, 1.82) is 0 Å². The summed E-state index contributed by atoms with van der Waals surface area (Å²) in [7, 11) is 0. The van der Waals surface area contributed by atoms with Gasteiger partial charge in [0, 0.05) is 5.39 Å². The fraction of sp³-hybridized carbons (Fsp3) is 0.0952. The quantitative estimate of drug-likeness (QED) is 0.559. The molecule has 0 fully saturated rings. The molecule has 2 heterocycles. The highest BCUT2D eigenvalue weighted by Crippen LogP contribution is 2.29. The van der Waals surface area contributed by atoms with Crippen molar-refractivity contribution >= 4 is 28.5 Å². The van der Waals surface area contributed by atoms with Crippen LogP contribution in [-0.4, -0.2) is 15.9 Å². The summed E-state index contributed by atoms with van der Waals surface area (Å²) in [5, 5.41) is 4.16. The van der Waals surface area contributed by atoms with E-state index in [0.29, 0.717) is 11.6 Å². The summed E-state index contributed by atoms with van der Waals surface area (Å²) in [4.78, 5) is 21.0. The number of hydrogen-bond acceptors (Lipinski definition) is 4. The average molecular weight is 378 g/mol. The number of hydrogen-bond donors (Lipinski definition) is 1. The zero-order chi connectivity index (χ0) is 18.8. The second-order valence-corrected chi connectivity index (χ2v) is 6.52. The highest BCUT2D eigenvalue weighted by Gasteiger charge is 2.23. The van der Waals surface area contributed by atoms with Crippen molar-refractivity contribution in [2.24, 2.45) is 0 Å². The molecule has 5 nitrogen and oxygen atoms in total. The number of carbonyl (C=O) groups is 1. The monoisotopic (exact) mass is 377 g/mol. The van der Waals surface area contributed by atoms with Gasteiger partial charge < -0.3 is 9.73 Å². The number of furan rings is 1. The van der Waals surface area contributed by atoms with Gasteiger partial charge in [0.1, 0.15) is 28.9 Å². The number of aromatic nitrogens is 2. The van der Waals surface area contributed by atoms with Crippen LogP contribution < -0.4 is 5.32 Å². The molecular weight excluding hydrogens is 362 g/mol. The van der Waals surface area contributed by atoms with Crippen molar-refractivity contribution in [3.63, 3.8) is 0 Å². The van der Waals surface area contributed by atoms with E-state index in [4.69, 9.17) is 16.0 Å². The summed E-state index contributed by atoms with van der Waals surface area (Å²) in [6.07, 6.45) is 1.43. The van der Waals surface area contributed by atoms with E-state index in [0.717, 1.165) is 16.5 Å². The molecule has 4 aromatic rings. The van der Waals surface area contributed by atoms with Gasteiger partial charge in [-0.25, -0.2) is 9.97 Å². The molecule has 0 aliphatic rings. The SMILES string of the molecule is Cc1ncc(Cl)c(C(=O)N[C@H](c2ccccc2)c2cc3ccccc3o2)n1. The van der Waals surface area contributed by atoms with E-state index < -0.39 is 6.04 Å². The van der Waals surface area contributed by atoms with Gasteiger partial charge in [-0.2, -0.15) is 0 Å². The third-order valence-electron chi connectivity index (χ3n) is 4.22. The highest BCUT2D eigenvalue weighted by atomic mass is 35.5. The maximum Gasteiger partial charge on any atom is 0.272 e. The van der Waals surface area contributed by atoms with Gasteiger partial charge in [0.15, 0.2) is 0 Å². The van der Waals surface area contributed by atoms with Gasteiger partial charge in [-0.3, -0.25) is 4.79 Å². The first kappa shape index (κ1) is 17.2. The number of benzene rings is 2. The number of para-hydroxylation sites is 1. The van der Waals surface area contributed by atoms with Gasteiger partial charge in [-0.1, -0.05) is 60.1 Å². The number of carbonyl (C=O) groups excluding carboxylic acids is 1. The minimum absolute atomic E-state index is 0.140. The van der Waals surface area contributed by atoms with Crippen molar-refractivity contribution in [2.45, 2.75) is 13.0 Å². The summed E-state index contributed by atoms with van der Waals surface area (Å²) in [5.74, 6) is 0.724. The topological polar surface area (TPSA) is 68.0 Å². The second-order valence-electron chi connectivity index (χ2n) is 6.12. The van der Waals surface area contributed by atoms with Crippen LogP contribution in [0.4, 0.5) is 0 Å². The lowest BCUT2D eigenvalue weighted by Gasteiger charge is -2.17. The molecule has 1 atom stereocenters. The van der Waals surface area contributed by atoms with E-state index in [1.165, 1.54) is 6.20 Å². The summed E-state index contributed by atoms with van der Waals surface area (Å²) >= 11 is 6.12. The summed E-state index contributed by atoms with van der Waals surface area (Å²) in [5.41, 5.74) is 1.80. The first-order chi connectivity index (χ1) is 13.1. The molecule has 0 saturated heterocycles. The molecule has 0 aliphatic carbocycles. The van der Waals surface area contributed by atoms with Gasteiger partial charge in [-0.05, 0) is 24.6 Å². The Morgan fingerprint density at radius 2 is 1.85 bits per heavy atom. The molecule has 0 unspecified atom stereocenters. The third-order valence-corrected chi connectivity index (χ3v) is 4.49. The van der Waals surface area contributed by atoms with E-state index in [1.807, 2.05) is 60.7 Å². The highest BCUT2D eigenvalue weighted by molar-refractivity contribution is 6.33. The maximum absolute atomic E-state index is 12.9. The molecule has 1 amide bonds. The third kappa shape index (κ3) is 3.55. The van der Waals surface area contributed by atoms with E-state index in [2.05, 4.69) is 15.3 Å². The molecule has 134 valence electrons. The smallest absolute Gasteiger partial charge is 0.272 e. The molecule has 6 heteroatoms. The van der Waals surface area contributed by atoms with Crippen LogP contribution in [0.2, 0.25) is 5.02 Å². The number of amides is 1. The average Bonchev–Trinajstić information content (AvgIpc) is 3.12. The van der Waals surface area contributed by atoms with Crippen molar-refractivity contribution in [3.8, 4) is 0 Å². The van der Waals surface area contributed by atoms with Crippen LogP contribution in [0.25, 0.3) is 11.0 Å². The Kier molecular flexibility index (Phi) is 4.60. The Bertz CT molecular complexity index is 1080. The molecule has 0 spiro atoms. The number of nitrogens with zero attached hydrogens (tertiary/aromatic N) is 2. The summed E-state index contributed by atoms with van der Waals surface area (Å²) in [6, 6.07) is 18.8. The molecule has 27 heavy (non-hydrogen) atoms. The Labute approximate surface area is 161 Å². The van der Waals surface area contributed by atoms with Crippen LogP contribution in [0.1, 0.15) is 33.7 Å². The van der Waals surface area contributed by atoms with Crippen LogP contribution >= 0.6 is 11.6 Å². The number of rotatable bonds is 4. The maximum atomic E-state index is 12.9. The minimum atomic E-state index is -0.475. The molecule has 4 rings (SSSR count). The van der Waals surface area contributed by atoms with E-state index in [-0.39, 0.29) is 16.6 Å². The van der Waals surface area contributed by atoms with Crippen LogP contribution in [0, 0.1) is 6.92 Å². The number of nitrogens with one attached hydrogen (secondary N) is 1. The first-order valence-corrected chi connectivity index (χ1v) is 8.83. The van der Waals surface area contributed by atoms with Gasteiger partial charge in [0.25, 0.3) is 5.91 Å². The lowest BCUT2D eigenvalue weighted by atomic mass is 10.0. The molecular formula is C21H16ClN3O2. The van der Waals surface area contributed by atoms with Crippen molar-refractivity contribution in [3.05, 3.63) is 94.7 Å². The standard InChI is InChI=1S/C21H16ClN3O2/c1-13-23-12-16(22)20(24-13)21(26)25-19(14-7-3-2-4-8-14)18-11-15-9-5-6-10-17(15)27-18/h2-12,19H,1H3,(H,25,26)/t19-/m1/s1. The van der Waals surface area contributed by atoms with Crippen LogP contribution in [0.5, 0.6) is 0 Å². The zero-order valence-electron chi connectivity index (χ0n) is 14.5. The largest absolute Gasteiger partial charge is 0.459 e. The molecule has 0 saturated carbocycles. The van der Waals surface area contributed by atoms with Gasteiger partial charge in [0.05, 0.1) is 11.2 Å². The predicted octanol–water partition coefficient (Wildman–Crippen LogP) is 4.70. The Morgan fingerprint density at radius 3 is 2.63 bits per heavy atom. The molecule has 0 radical (unpaired) electrons. The van der Waals surface area contributed by atoms with E-state index >= 15 is 0 Å². The van der Waals surface area contributed by atoms with Crippen molar-refractivity contribution in [2.75, 3.05) is 0 Å². The van der Waals surface area contributed by atoms with Crippen LogP contribution in [0.15, 0.2) is 71.3 Å². The lowest BCUT2D eigenvalue weighted by Crippen LogP contribution is -2.30.